The Morgan fingerprint density at radius 2 is 2.00 bits per heavy atom. The molecule has 0 amide bonds. The highest BCUT2D eigenvalue weighted by atomic mass is 16.6. The van der Waals surface area contributed by atoms with Crippen molar-refractivity contribution in [2.75, 3.05) is 5.32 Å². The van der Waals surface area contributed by atoms with Crippen molar-refractivity contribution >= 4 is 11.4 Å². The van der Waals surface area contributed by atoms with Crippen molar-refractivity contribution in [1.29, 1.82) is 0 Å². The van der Waals surface area contributed by atoms with Gasteiger partial charge in [0.1, 0.15) is 0 Å². The number of nitrogens with one attached hydrogen (secondary N) is 1. The predicted molar refractivity (Wildman–Crippen MR) is 86.1 cm³/mol. The first-order valence-electron chi connectivity index (χ1n) is 7.65. The minimum Gasteiger partial charge on any atom is -0.484 e. The van der Waals surface area contributed by atoms with E-state index in [2.05, 4.69) is 19.2 Å². The third kappa shape index (κ3) is 6.02. The van der Waals surface area contributed by atoms with E-state index in [1.165, 1.54) is 25.3 Å². The van der Waals surface area contributed by atoms with Gasteiger partial charge in [-0.3, -0.25) is 10.1 Å². The van der Waals surface area contributed by atoms with Crippen molar-refractivity contribution in [2.45, 2.75) is 65.5 Å². The maximum absolute atomic E-state index is 11.0. The molecular weight excluding hydrogens is 268 g/mol. The van der Waals surface area contributed by atoms with Crippen LogP contribution in [0, 0.1) is 10.1 Å². The number of hydrogen-bond donors (Lipinski definition) is 1. The molecule has 1 unspecified atom stereocenters. The molecule has 0 aliphatic carbocycles. The van der Waals surface area contributed by atoms with Gasteiger partial charge in [0, 0.05) is 23.9 Å². The Morgan fingerprint density at radius 1 is 1.29 bits per heavy atom. The van der Waals surface area contributed by atoms with E-state index >= 15 is 0 Å². The average molecular weight is 294 g/mol. The fourth-order valence-corrected chi connectivity index (χ4v) is 2.16. The zero-order chi connectivity index (χ0) is 15.8. The first kappa shape index (κ1) is 17.3. The smallest absolute Gasteiger partial charge is 0.311 e. The summed E-state index contributed by atoms with van der Waals surface area (Å²) in [5, 5.41) is 14.4. The number of nitro benzene ring substituents is 1. The molecule has 118 valence electrons. The summed E-state index contributed by atoms with van der Waals surface area (Å²) in [7, 11) is 0. The molecule has 0 heterocycles. The highest BCUT2D eigenvalue weighted by Gasteiger charge is 2.17. The van der Waals surface area contributed by atoms with Crippen molar-refractivity contribution in [3.63, 3.8) is 0 Å². The third-order valence-electron chi connectivity index (χ3n) is 3.17. The van der Waals surface area contributed by atoms with E-state index in [1.54, 1.807) is 12.1 Å². The minimum atomic E-state index is -0.411. The van der Waals surface area contributed by atoms with Crippen LogP contribution in [0.1, 0.15) is 53.4 Å². The van der Waals surface area contributed by atoms with Crippen LogP contribution in [0.3, 0.4) is 0 Å². The lowest BCUT2D eigenvalue weighted by atomic mass is 10.1. The van der Waals surface area contributed by atoms with E-state index in [-0.39, 0.29) is 11.8 Å². The molecule has 0 saturated carbocycles. The quantitative estimate of drug-likeness (QED) is 0.405. The van der Waals surface area contributed by atoms with E-state index in [0.717, 1.165) is 12.1 Å². The molecule has 0 bridgehead atoms. The van der Waals surface area contributed by atoms with Crippen LogP contribution in [0.4, 0.5) is 11.4 Å². The Bertz CT molecular complexity index is 461. The van der Waals surface area contributed by atoms with Gasteiger partial charge in [-0.25, -0.2) is 0 Å². The normalized spacial score (nSPS) is 12.2. The van der Waals surface area contributed by atoms with Crippen LogP contribution in [0.2, 0.25) is 0 Å². The Kier molecular flexibility index (Phi) is 6.99. The number of hydrogen-bond acceptors (Lipinski definition) is 4. The number of unbranched alkanes of at least 4 members (excludes halogenated alkanes) is 2. The maximum Gasteiger partial charge on any atom is 0.311 e. The standard InChI is InChI=1S/C16H26N2O3/c1-5-6-7-8-13(4)17-14-9-10-15(18(19)20)16(11-14)21-12(2)3/h9-13,17H,5-8H2,1-4H3. The second-order valence-electron chi connectivity index (χ2n) is 5.65. The summed E-state index contributed by atoms with van der Waals surface area (Å²) in [4.78, 5) is 10.6. The van der Waals surface area contributed by atoms with E-state index < -0.39 is 4.92 Å². The molecule has 0 aromatic heterocycles. The van der Waals surface area contributed by atoms with Gasteiger partial charge >= 0.3 is 5.69 Å². The zero-order valence-corrected chi connectivity index (χ0v) is 13.4. The largest absolute Gasteiger partial charge is 0.484 e. The molecule has 1 aromatic rings. The van der Waals surface area contributed by atoms with Gasteiger partial charge in [0.2, 0.25) is 0 Å². The molecule has 0 fully saturated rings. The molecule has 0 saturated heterocycles. The highest BCUT2D eigenvalue weighted by molar-refractivity contribution is 5.58. The molecular formula is C16H26N2O3. The van der Waals surface area contributed by atoms with E-state index in [0.29, 0.717) is 11.8 Å². The average Bonchev–Trinajstić information content (AvgIpc) is 2.38. The van der Waals surface area contributed by atoms with Gasteiger partial charge in [-0.1, -0.05) is 26.2 Å². The first-order valence-corrected chi connectivity index (χ1v) is 7.65. The molecule has 1 aromatic carbocycles. The van der Waals surface area contributed by atoms with Crippen LogP contribution in [0.25, 0.3) is 0 Å². The van der Waals surface area contributed by atoms with E-state index in [9.17, 15) is 10.1 Å². The Morgan fingerprint density at radius 3 is 2.57 bits per heavy atom. The molecule has 0 radical (unpaired) electrons. The molecule has 0 spiro atoms. The summed E-state index contributed by atoms with van der Waals surface area (Å²) in [6.45, 7) is 8.03. The van der Waals surface area contributed by atoms with Gasteiger partial charge in [0.15, 0.2) is 5.75 Å². The Hall–Kier alpha value is -1.78. The fraction of sp³-hybridized carbons (Fsp3) is 0.625. The lowest BCUT2D eigenvalue weighted by Crippen LogP contribution is -2.15. The lowest BCUT2D eigenvalue weighted by Gasteiger charge is -2.17. The van der Waals surface area contributed by atoms with Gasteiger partial charge < -0.3 is 10.1 Å². The van der Waals surface area contributed by atoms with Crippen molar-refractivity contribution in [2.24, 2.45) is 0 Å². The number of nitrogens with zero attached hydrogens (tertiary/aromatic N) is 1. The highest BCUT2D eigenvalue weighted by Crippen LogP contribution is 2.31. The van der Waals surface area contributed by atoms with E-state index in [4.69, 9.17) is 4.74 Å². The number of benzene rings is 1. The van der Waals surface area contributed by atoms with Crippen LogP contribution in [-0.2, 0) is 0 Å². The molecule has 1 N–H and O–H groups in total. The Labute approximate surface area is 126 Å². The monoisotopic (exact) mass is 294 g/mol. The Balaban J connectivity index is 2.77. The second kappa shape index (κ2) is 8.49. The number of ether oxygens (including phenoxy) is 1. The van der Waals surface area contributed by atoms with Gasteiger partial charge in [-0.15, -0.1) is 0 Å². The summed E-state index contributed by atoms with van der Waals surface area (Å²) in [5.41, 5.74) is 0.869. The fourth-order valence-electron chi connectivity index (χ4n) is 2.16. The number of anilines is 1. The summed E-state index contributed by atoms with van der Waals surface area (Å²) in [5.74, 6) is 0.320. The molecule has 21 heavy (non-hydrogen) atoms. The molecule has 5 nitrogen and oxygen atoms in total. The van der Waals surface area contributed by atoms with Crippen LogP contribution in [0.15, 0.2) is 18.2 Å². The van der Waals surface area contributed by atoms with E-state index in [1.807, 2.05) is 13.8 Å². The number of rotatable bonds is 9. The molecule has 1 atom stereocenters. The lowest BCUT2D eigenvalue weighted by molar-refractivity contribution is -0.386. The van der Waals surface area contributed by atoms with Gasteiger partial charge in [0.25, 0.3) is 0 Å². The minimum absolute atomic E-state index is 0.00730. The molecule has 0 aliphatic heterocycles. The summed E-state index contributed by atoms with van der Waals surface area (Å²) < 4.78 is 5.55. The topological polar surface area (TPSA) is 64.4 Å². The SMILES string of the molecule is CCCCCC(C)Nc1ccc([N+](=O)[O-])c(OC(C)C)c1. The molecule has 1 rings (SSSR count). The van der Waals surface area contributed by atoms with Gasteiger partial charge in [-0.05, 0) is 33.3 Å². The van der Waals surface area contributed by atoms with Crippen LogP contribution in [-0.4, -0.2) is 17.1 Å². The third-order valence-corrected chi connectivity index (χ3v) is 3.17. The van der Waals surface area contributed by atoms with Crippen LogP contribution in [0.5, 0.6) is 5.75 Å². The molecule has 5 heteroatoms. The summed E-state index contributed by atoms with van der Waals surface area (Å²) in [6, 6.07) is 5.29. The van der Waals surface area contributed by atoms with Crippen LogP contribution < -0.4 is 10.1 Å². The zero-order valence-electron chi connectivity index (χ0n) is 13.4. The van der Waals surface area contributed by atoms with Crippen LogP contribution >= 0.6 is 0 Å². The predicted octanol–water partition coefficient (Wildman–Crippen LogP) is 4.76. The van der Waals surface area contributed by atoms with Gasteiger partial charge in [-0.2, -0.15) is 0 Å². The maximum atomic E-state index is 11.0. The summed E-state index contributed by atoms with van der Waals surface area (Å²) in [6.07, 6.45) is 4.61. The number of nitro groups is 1. The first-order chi connectivity index (χ1) is 9.93. The van der Waals surface area contributed by atoms with Crippen molar-refractivity contribution in [3.8, 4) is 5.75 Å². The van der Waals surface area contributed by atoms with Crippen molar-refractivity contribution < 1.29 is 9.66 Å². The van der Waals surface area contributed by atoms with Crippen molar-refractivity contribution in [1.82, 2.24) is 0 Å². The van der Waals surface area contributed by atoms with Crippen molar-refractivity contribution in [3.05, 3.63) is 28.3 Å². The second-order valence-corrected chi connectivity index (χ2v) is 5.65. The molecule has 0 aliphatic rings. The summed E-state index contributed by atoms with van der Waals surface area (Å²) >= 11 is 0. The van der Waals surface area contributed by atoms with Gasteiger partial charge in [0.05, 0.1) is 11.0 Å².